The molecule has 2 aromatic carbocycles. The molecule has 0 fully saturated rings. The predicted molar refractivity (Wildman–Crippen MR) is 110 cm³/mol. The van der Waals surface area contributed by atoms with Gasteiger partial charge in [0, 0.05) is 6.26 Å². The van der Waals surface area contributed by atoms with Gasteiger partial charge in [-0.05, 0) is 84.7 Å². The van der Waals surface area contributed by atoms with E-state index in [1.807, 2.05) is 37.3 Å². The molecule has 28 heavy (non-hydrogen) atoms. The largest absolute Gasteiger partial charge is 0.494 e. The second kappa shape index (κ2) is 8.35. The lowest BCUT2D eigenvalue weighted by Crippen LogP contribution is -2.08. The number of rotatable bonds is 6. The van der Waals surface area contributed by atoms with Gasteiger partial charge in [0.2, 0.25) is 0 Å². The third-order valence-corrected chi connectivity index (χ3v) is 6.04. The number of fused-ring (bicyclic) bond motifs is 3. The van der Waals surface area contributed by atoms with Gasteiger partial charge in [0.15, 0.2) is 0 Å². The second-order valence-corrected chi connectivity index (χ2v) is 9.58. The number of carbonyl (C=O) groups excluding carboxylic acids is 1. The van der Waals surface area contributed by atoms with E-state index >= 15 is 0 Å². The molecule has 0 radical (unpaired) electrons. The Labute approximate surface area is 166 Å². The van der Waals surface area contributed by atoms with Crippen molar-refractivity contribution < 1.29 is 22.7 Å². The molecule has 0 spiro atoms. The maximum Gasteiger partial charge on any atom is 0.337 e. The lowest BCUT2D eigenvalue weighted by molar-refractivity contribution is 0.0600. The van der Waals surface area contributed by atoms with Gasteiger partial charge in [0.05, 0.1) is 25.0 Å². The highest BCUT2D eigenvalue weighted by atomic mass is 32.2. The first-order valence-corrected chi connectivity index (χ1v) is 11.5. The summed E-state index contributed by atoms with van der Waals surface area (Å²) in [6, 6.07) is 9.79. The van der Waals surface area contributed by atoms with Crippen molar-refractivity contribution in [3.63, 3.8) is 0 Å². The monoisotopic (exact) mass is 402 g/mol. The molecule has 0 bridgehead atoms. The molecular formula is C22H26O5S. The zero-order valence-electron chi connectivity index (χ0n) is 16.6. The van der Waals surface area contributed by atoms with Gasteiger partial charge in [-0.2, -0.15) is 0 Å². The standard InChI is InChI=1S/C22H26O5S/c1-15-12-19(27-10-5-11-28(3,24)25)13-17-7-4-6-16-8-9-18(22(23)26-2)14-20(16)21(15)17/h8-9,12-14H,4-7,10-11H2,1-3H3. The van der Waals surface area contributed by atoms with Crippen molar-refractivity contribution in [2.24, 2.45) is 0 Å². The number of sulfone groups is 1. The van der Waals surface area contributed by atoms with Gasteiger partial charge < -0.3 is 9.47 Å². The van der Waals surface area contributed by atoms with Crippen LogP contribution >= 0.6 is 0 Å². The van der Waals surface area contributed by atoms with E-state index in [0.29, 0.717) is 18.6 Å². The second-order valence-electron chi connectivity index (χ2n) is 7.32. The van der Waals surface area contributed by atoms with Crippen LogP contribution in [0, 0.1) is 6.92 Å². The Morgan fingerprint density at radius 2 is 1.86 bits per heavy atom. The molecule has 0 atom stereocenters. The molecule has 0 aliphatic heterocycles. The van der Waals surface area contributed by atoms with Gasteiger partial charge >= 0.3 is 5.97 Å². The molecule has 0 amide bonds. The average molecular weight is 403 g/mol. The topological polar surface area (TPSA) is 69.7 Å². The van der Waals surface area contributed by atoms with Crippen LogP contribution < -0.4 is 4.74 Å². The fourth-order valence-electron chi connectivity index (χ4n) is 3.74. The predicted octanol–water partition coefficient (Wildman–Crippen LogP) is 3.75. The Balaban J connectivity index is 1.90. The normalized spacial score (nSPS) is 13.2. The maximum absolute atomic E-state index is 12.0. The van der Waals surface area contributed by atoms with Gasteiger partial charge in [-0.25, -0.2) is 13.2 Å². The van der Waals surface area contributed by atoms with Crippen LogP contribution in [0.3, 0.4) is 0 Å². The van der Waals surface area contributed by atoms with Crippen molar-refractivity contribution in [3.05, 3.63) is 52.6 Å². The number of benzene rings is 2. The van der Waals surface area contributed by atoms with Crippen molar-refractivity contribution in [2.75, 3.05) is 25.7 Å². The molecule has 6 heteroatoms. The van der Waals surface area contributed by atoms with E-state index in [-0.39, 0.29) is 11.7 Å². The minimum absolute atomic E-state index is 0.126. The molecule has 0 heterocycles. The Hall–Kier alpha value is -2.34. The van der Waals surface area contributed by atoms with E-state index in [9.17, 15) is 13.2 Å². The summed E-state index contributed by atoms with van der Waals surface area (Å²) in [7, 11) is -1.58. The van der Waals surface area contributed by atoms with Crippen LogP contribution in [0.25, 0.3) is 11.1 Å². The average Bonchev–Trinajstić information content (AvgIpc) is 2.82. The first-order valence-electron chi connectivity index (χ1n) is 9.44. The van der Waals surface area contributed by atoms with E-state index in [1.165, 1.54) is 24.5 Å². The van der Waals surface area contributed by atoms with Crippen LogP contribution in [-0.4, -0.2) is 40.1 Å². The quantitative estimate of drug-likeness (QED) is 0.544. The van der Waals surface area contributed by atoms with E-state index in [2.05, 4.69) is 0 Å². The summed E-state index contributed by atoms with van der Waals surface area (Å²) in [6.45, 7) is 2.41. The summed E-state index contributed by atoms with van der Waals surface area (Å²) >= 11 is 0. The minimum atomic E-state index is -2.97. The molecule has 1 aliphatic rings. The van der Waals surface area contributed by atoms with Crippen molar-refractivity contribution in [2.45, 2.75) is 32.6 Å². The number of methoxy groups -OCH3 is 1. The highest BCUT2D eigenvalue weighted by molar-refractivity contribution is 7.90. The van der Waals surface area contributed by atoms with Crippen LogP contribution in [-0.2, 0) is 27.4 Å². The first kappa shape index (κ1) is 20.4. The summed E-state index contributed by atoms with van der Waals surface area (Å²) in [5.41, 5.74) is 6.30. The van der Waals surface area contributed by atoms with Crippen molar-refractivity contribution >= 4 is 15.8 Å². The number of hydrogen-bond acceptors (Lipinski definition) is 5. The summed E-state index contributed by atoms with van der Waals surface area (Å²) < 4.78 is 33.2. The summed E-state index contributed by atoms with van der Waals surface area (Å²) in [5, 5.41) is 0. The molecular weight excluding hydrogens is 376 g/mol. The Kier molecular flexibility index (Phi) is 6.08. The summed E-state index contributed by atoms with van der Waals surface area (Å²) in [4.78, 5) is 12.0. The van der Waals surface area contributed by atoms with E-state index in [1.54, 1.807) is 0 Å². The first-order chi connectivity index (χ1) is 13.3. The number of aryl methyl sites for hydroxylation is 3. The van der Waals surface area contributed by atoms with E-state index in [4.69, 9.17) is 9.47 Å². The SMILES string of the molecule is COC(=O)c1ccc2c(c1)-c1c(C)cc(OCCCS(C)(=O)=O)cc1CCC2. The molecule has 0 aromatic heterocycles. The van der Waals surface area contributed by atoms with Crippen molar-refractivity contribution in [3.8, 4) is 16.9 Å². The fraction of sp³-hybridized carbons (Fsp3) is 0.409. The molecule has 0 unspecified atom stereocenters. The molecule has 2 aromatic rings. The highest BCUT2D eigenvalue weighted by Gasteiger charge is 2.20. The smallest absolute Gasteiger partial charge is 0.337 e. The van der Waals surface area contributed by atoms with Crippen LogP contribution in [0.4, 0.5) is 0 Å². The number of carbonyl (C=O) groups is 1. The number of hydrogen-bond donors (Lipinski definition) is 0. The molecule has 0 saturated carbocycles. The Morgan fingerprint density at radius 1 is 1.11 bits per heavy atom. The molecule has 1 aliphatic carbocycles. The molecule has 150 valence electrons. The van der Waals surface area contributed by atoms with Crippen LogP contribution in [0.1, 0.15) is 39.9 Å². The maximum atomic E-state index is 12.0. The van der Waals surface area contributed by atoms with Crippen LogP contribution in [0.5, 0.6) is 5.75 Å². The van der Waals surface area contributed by atoms with E-state index in [0.717, 1.165) is 41.7 Å². The van der Waals surface area contributed by atoms with E-state index < -0.39 is 9.84 Å². The van der Waals surface area contributed by atoms with Crippen LogP contribution in [0.15, 0.2) is 30.3 Å². The third-order valence-electron chi connectivity index (χ3n) is 5.01. The van der Waals surface area contributed by atoms with Crippen LogP contribution in [0.2, 0.25) is 0 Å². The molecule has 5 nitrogen and oxygen atoms in total. The highest BCUT2D eigenvalue weighted by Crippen LogP contribution is 2.38. The van der Waals surface area contributed by atoms with Gasteiger partial charge in [-0.15, -0.1) is 0 Å². The lowest BCUT2D eigenvalue weighted by atomic mass is 9.91. The summed E-state index contributed by atoms with van der Waals surface area (Å²) in [5.74, 6) is 0.551. The zero-order valence-corrected chi connectivity index (χ0v) is 17.4. The Morgan fingerprint density at radius 3 is 2.57 bits per heavy atom. The zero-order chi connectivity index (χ0) is 20.3. The van der Waals surface area contributed by atoms with Gasteiger partial charge in [0.25, 0.3) is 0 Å². The van der Waals surface area contributed by atoms with Crippen molar-refractivity contribution in [1.29, 1.82) is 0 Å². The number of ether oxygens (including phenoxy) is 2. The molecule has 3 rings (SSSR count). The van der Waals surface area contributed by atoms with Gasteiger partial charge in [0.1, 0.15) is 15.6 Å². The Bertz CT molecular complexity index is 992. The third kappa shape index (κ3) is 4.73. The lowest BCUT2D eigenvalue weighted by Gasteiger charge is -2.16. The fourth-order valence-corrected chi connectivity index (χ4v) is 4.38. The minimum Gasteiger partial charge on any atom is -0.494 e. The molecule has 0 N–H and O–H groups in total. The number of esters is 1. The van der Waals surface area contributed by atoms with Gasteiger partial charge in [-0.1, -0.05) is 6.07 Å². The van der Waals surface area contributed by atoms with Crippen molar-refractivity contribution in [1.82, 2.24) is 0 Å². The summed E-state index contributed by atoms with van der Waals surface area (Å²) in [6.07, 6.45) is 4.61. The molecule has 0 saturated heterocycles. The van der Waals surface area contributed by atoms with Gasteiger partial charge in [-0.3, -0.25) is 0 Å².